The van der Waals surface area contributed by atoms with Crippen molar-refractivity contribution in [2.75, 3.05) is 0 Å². The molecule has 0 saturated heterocycles. The van der Waals surface area contributed by atoms with Crippen LogP contribution < -0.4 is 0 Å². The molecule has 0 aliphatic heterocycles. The van der Waals surface area contributed by atoms with Crippen LogP contribution in [0.2, 0.25) is 5.02 Å². The molecule has 134 valence electrons. The molecule has 0 aliphatic carbocycles. The summed E-state index contributed by atoms with van der Waals surface area (Å²) >= 11 is 8.05. The predicted molar refractivity (Wildman–Crippen MR) is 110 cm³/mol. The Morgan fingerprint density at radius 1 is 0.852 bits per heavy atom. The normalized spacial score (nSPS) is 10.9. The Hall–Kier alpha value is -2.63. The van der Waals surface area contributed by atoms with E-state index in [-0.39, 0.29) is 0 Å². The summed E-state index contributed by atoms with van der Waals surface area (Å²) in [7, 11) is 0. The lowest BCUT2D eigenvalue weighted by Crippen LogP contribution is -2.05. The topological polar surface area (TPSA) is 43.6 Å². The van der Waals surface area contributed by atoms with Gasteiger partial charge in [-0.2, -0.15) is 0 Å². The molecule has 4 nitrogen and oxygen atoms in total. The quantitative estimate of drug-likeness (QED) is 0.416. The van der Waals surface area contributed by atoms with Crippen molar-refractivity contribution in [1.29, 1.82) is 0 Å². The molecule has 6 heteroatoms. The molecule has 2 heterocycles. The molecule has 0 bridgehead atoms. The number of nitrogens with zero attached hydrogens (tertiary/aromatic N) is 4. The zero-order chi connectivity index (χ0) is 18.5. The van der Waals surface area contributed by atoms with Gasteiger partial charge in [-0.15, -0.1) is 10.2 Å². The smallest absolute Gasteiger partial charge is 0.192 e. The summed E-state index contributed by atoms with van der Waals surface area (Å²) in [6, 6.07) is 24.0. The maximum Gasteiger partial charge on any atom is 0.192 e. The van der Waals surface area contributed by atoms with Crippen molar-refractivity contribution in [3.8, 4) is 11.5 Å². The molecular weight excluding hydrogens is 376 g/mol. The van der Waals surface area contributed by atoms with Crippen LogP contribution in [0.5, 0.6) is 0 Å². The van der Waals surface area contributed by atoms with E-state index in [4.69, 9.17) is 11.6 Å². The lowest BCUT2D eigenvalue weighted by Gasteiger charge is -2.11. The Kier molecular flexibility index (Phi) is 5.51. The zero-order valence-electron chi connectivity index (χ0n) is 14.5. The van der Waals surface area contributed by atoms with Crippen molar-refractivity contribution in [1.82, 2.24) is 19.7 Å². The average molecular weight is 393 g/mol. The first-order valence-electron chi connectivity index (χ1n) is 8.56. The van der Waals surface area contributed by atoms with Gasteiger partial charge in [-0.05, 0) is 29.3 Å². The van der Waals surface area contributed by atoms with Crippen molar-refractivity contribution >= 4 is 23.4 Å². The third kappa shape index (κ3) is 4.21. The van der Waals surface area contributed by atoms with E-state index in [2.05, 4.69) is 31.9 Å². The summed E-state index contributed by atoms with van der Waals surface area (Å²) in [5.41, 5.74) is 3.07. The largest absolute Gasteiger partial charge is 0.296 e. The molecule has 0 aliphatic rings. The second-order valence-corrected chi connectivity index (χ2v) is 7.32. The number of pyridine rings is 1. The van der Waals surface area contributed by atoms with Gasteiger partial charge >= 0.3 is 0 Å². The molecule has 0 atom stereocenters. The van der Waals surface area contributed by atoms with Crippen LogP contribution in [-0.2, 0) is 12.3 Å². The molecule has 4 rings (SSSR count). The zero-order valence-corrected chi connectivity index (χ0v) is 16.1. The molecule has 0 N–H and O–H groups in total. The van der Waals surface area contributed by atoms with Crippen molar-refractivity contribution in [2.24, 2.45) is 0 Å². The van der Waals surface area contributed by atoms with Crippen LogP contribution in [0.1, 0.15) is 11.1 Å². The van der Waals surface area contributed by atoms with E-state index in [1.54, 1.807) is 18.0 Å². The van der Waals surface area contributed by atoms with E-state index in [1.807, 2.05) is 60.7 Å². The fraction of sp³-hybridized carbons (Fsp3) is 0.0952. The third-order valence-corrected chi connectivity index (χ3v) is 5.51. The minimum absolute atomic E-state index is 0.593. The maximum absolute atomic E-state index is 6.39. The molecule has 0 fully saturated rings. The highest BCUT2D eigenvalue weighted by atomic mass is 35.5. The van der Waals surface area contributed by atoms with E-state index < -0.39 is 0 Å². The van der Waals surface area contributed by atoms with Gasteiger partial charge in [-0.25, -0.2) is 0 Å². The van der Waals surface area contributed by atoms with Crippen molar-refractivity contribution in [2.45, 2.75) is 17.5 Å². The Labute approximate surface area is 167 Å². The van der Waals surface area contributed by atoms with Crippen LogP contribution in [0.3, 0.4) is 0 Å². The van der Waals surface area contributed by atoms with Crippen molar-refractivity contribution < 1.29 is 0 Å². The van der Waals surface area contributed by atoms with E-state index in [0.717, 1.165) is 33.0 Å². The van der Waals surface area contributed by atoms with Gasteiger partial charge in [0.25, 0.3) is 0 Å². The first-order valence-corrected chi connectivity index (χ1v) is 9.92. The van der Waals surface area contributed by atoms with Crippen LogP contribution in [0, 0.1) is 0 Å². The Balaban J connectivity index is 1.68. The number of hydrogen-bond donors (Lipinski definition) is 0. The second-order valence-electron chi connectivity index (χ2n) is 5.97. The first kappa shape index (κ1) is 17.8. The van der Waals surface area contributed by atoms with Gasteiger partial charge in [0.2, 0.25) is 0 Å². The molecule has 0 saturated carbocycles. The Bertz CT molecular complexity index is 1020. The highest BCUT2D eigenvalue weighted by Gasteiger charge is 2.16. The van der Waals surface area contributed by atoms with Gasteiger partial charge in [-0.1, -0.05) is 78.0 Å². The molecule has 0 spiro atoms. The number of halogens is 1. The lowest BCUT2D eigenvalue weighted by molar-refractivity contribution is 0.713. The van der Waals surface area contributed by atoms with Gasteiger partial charge in [-0.3, -0.25) is 9.55 Å². The number of aromatic nitrogens is 4. The first-order chi connectivity index (χ1) is 13.3. The number of rotatable bonds is 6. The highest BCUT2D eigenvalue weighted by molar-refractivity contribution is 7.98. The fourth-order valence-electron chi connectivity index (χ4n) is 2.74. The molecule has 0 radical (unpaired) electrons. The van der Waals surface area contributed by atoms with E-state index in [1.165, 1.54) is 5.56 Å². The van der Waals surface area contributed by atoms with Crippen LogP contribution in [0.15, 0.2) is 84.1 Å². The molecule has 4 aromatic rings. The molecule has 2 aromatic heterocycles. The Morgan fingerprint density at radius 2 is 1.63 bits per heavy atom. The van der Waals surface area contributed by atoms with Gasteiger partial charge in [0.15, 0.2) is 11.0 Å². The molecule has 0 unspecified atom stereocenters. The third-order valence-electron chi connectivity index (χ3n) is 4.11. The summed E-state index contributed by atoms with van der Waals surface area (Å²) < 4.78 is 2.08. The summed E-state index contributed by atoms with van der Waals surface area (Å²) in [5, 5.41) is 10.4. The number of hydrogen-bond acceptors (Lipinski definition) is 4. The minimum Gasteiger partial charge on any atom is -0.296 e. The predicted octanol–water partition coefficient (Wildman–Crippen LogP) is 5.33. The fourth-order valence-corrected chi connectivity index (χ4v) is 3.83. The van der Waals surface area contributed by atoms with Crippen LogP contribution in [0.4, 0.5) is 0 Å². The summed E-state index contributed by atoms with van der Waals surface area (Å²) in [4.78, 5) is 4.44. The van der Waals surface area contributed by atoms with Gasteiger partial charge < -0.3 is 0 Å². The lowest BCUT2D eigenvalue weighted by atomic mass is 10.2. The van der Waals surface area contributed by atoms with Crippen molar-refractivity contribution in [3.05, 3.63) is 95.1 Å². The van der Waals surface area contributed by atoms with Gasteiger partial charge in [0.1, 0.15) is 5.69 Å². The monoisotopic (exact) mass is 392 g/mol. The molecular formula is C21H17ClN4S. The maximum atomic E-state index is 6.39. The van der Waals surface area contributed by atoms with Gasteiger partial charge in [0.05, 0.1) is 6.54 Å². The molecule has 2 aromatic carbocycles. The van der Waals surface area contributed by atoms with E-state index in [0.29, 0.717) is 6.54 Å². The minimum atomic E-state index is 0.593. The van der Waals surface area contributed by atoms with Crippen LogP contribution in [0.25, 0.3) is 11.5 Å². The second kappa shape index (κ2) is 8.37. The SMILES string of the molecule is Clc1ccccc1Cn1c(SCc2ccccc2)nnc1-c1ccccn1. The highest BCUT2D eigenvalue weighted by Crippen LogP contribution is 2.27. The summed E-state index contributed by atoms with van der Waals surface area (Å²) in [5.74, 6) is 1.56. The van der Waals surface area contributed by atoms with Crippen LogP contribution in [-0.4, -0.2) is 19.7 Å². The number of thioether (sulfide) groups is 1. The van der Waals surface area contributed by atoms with E-state index in [9.17, 15) is 0 Å². The number of benzene rings is 2. The summed E-state index contributed by atoms with van der Waals surface area (Å²) in [6.45, 7) is 0.593. The van der Waals surface area contributed by atoms with Gasteiger partial charge in [0, 0.05) is 17.0 Å². The Morgan fingerprint density at radius 3 is 2.41 bits per heavy atom. The van der Waals surface area contributed by atoms with Crippen LogP contribution >= 0.6 is 23.4 Å². The standard InChI is InChI=1S/C21H17ClN4S/c22-18-11-5-4-10-17(18)14-26-20(19-12-6-7-13-23-19)24-25-21(26)27-15-16-8-2-1-3-9-16/h1-13H,14-15H2. The van der Waals surface area contributed by atoms with E-state index >= 15 is 0 Å². The summed E-state index contributed by atoms with van der Waals surface area (Å²) in [6.07, 6.45) is 1.76. The average Bonchev–Trinajstić information content (AvgIpc) is 3.12. The van der Waals surface area contributed by atoms with Crippen molar-refractivity contribution in [3.63, 3.8) is 0 Å². The molecule has 27 heavy (non-hydrogen) atoms. The molecule has 0 amide bonds.